The van der Waals surface area contributed by atoms with Gasteiger partial charge in [-0.1, -0.05) is 32.0 Å². The summed E-state index contributed by atoms with van der Waals surface area (Å²) in [6.45, 7) is 10.4. The molecule has 0 amide bonds. The van der Waals surface area contributed by atoms with Crippen LogP contribution in [0.5, 0.6) is 0 Å². The maximum absolute atomic E-state index is 3.65. The topological polar surface area (TPSA) is 12.0 Å². The second kappa shape index (κ2) is 5.88. The number of nitrogens with one attached hydrogen (secondary N) is 1. The minimum absolute atomic E-state index is 0.746. The molecule has 0 spiro atoms. The lowest BCUT2D eigenvalue weighted by Crippen LogP contribution is -2.27. The van der Waals surface area contributed by atoms with Gasteiger partial charge in [-0.3, -0.25) is 0 Å². The molecule has 0 aromatic heterocycles. The van der Waals surface area contributed by atoms with E-state index >= 15 is 0 Å². The molecule has 1 heteroatoms. The molecule has 0 radical (unpaired) electrons. The summed E-state index contributed by atoms with van der Waals surface area (Å²) < 4.78 is 0. The zero-order valence-electron chi connectivity index (χ0n) is 12.3. The Kier molecular flexibility index (Phi) is 4.45. The van der Waals surface area contributed by atoms with Gasteiger partial charge in [0.25, 0.3) is 0 Å². The zero-order valence-corrected chi connectivity index (χ0v) is 12.3. The quantitative estimate of drug-likeness (QED) is 0.802. The third-order valence-electron chi connectivity index (χ3n) is 4.45. The fraction of sp³-hybridized carbons (Fsp3) is 0.647. The van der Waals surface area contributed by atoms with Gasteiger partial charge in [0.1, 0.15) is 0 Å². The van der Waals surface area contributed by atoms with Gasteiger partial charge < -0.3 is 5.32 Å². The smallest absolute Gasteiger partial charge is 0.00683 e. The number of hydrogen-bond donors (Lipinski definition) is 1. The van der Waals surface area contributed by atoms with Crippen LogP contribution in [0.1, 0.15) is 43.4 Å². The van der Waals surface area contributed by atoms with E-state index in [-0.39, 0.29) is 0 Å². The molecule has 0 bridgehead atoms. The maximum atomic E-state index is 3.65. The Bertz CT molecular complexity index is 372. The molecule has 2 unspecified atom stereocenters. The van der Waals surface area contributed by atoms with Crippen LogP contribution >= 0.6 is 0 Å². The Hall–Kier alpha value is -0.820. The van der Waals surface area contributed by atoms with Gasteiger partial charge in [0.05, 0.1) is 0 Å². The van der Waals surface area contributed by atoms with Crippen LogP contribution in [0.25, 0.3) is 0 Å². The summed E-state index contributed by atoms with van der Waals surface area (Å²) in [6, 6.07) is 7.47. The highest BCUT2D eigenvalue weighted by atomic mass is 14.9. The first-order valence-corrected chi connectivity index (χ1v) is 7.36. The van der Waals surface area contributed by atoms with Crippen LogP contribution < -0.4 is 5.32 Å². The van der Waals surface area contributed by atoms with Crippen molar-refractivity contribution in [3.63, 3.8) is 0 Å². The number of hydrogen-bond acceptors (Lipinski definition) is 1. The van der Waals surface area contributed by atoms with E-state index in [1.807, 2.05) is 0 Å². The van der Waals surface area contributed by atoms with Gasteiger partial charge in [-0.15, -0.1) is 0 Å². The van der Waals surface area contributed by atoms with Crippen LogP contribution in [0.3, 0.4) is 0 Å². The molecule has 0 heterocycles. The molecule has 1 aliphatic carbocycles. The first-order chi connectivity index (χ1) is 8.58. The summed E-state index contributed by atoms with van der Waals surface area (Å²) in [5, 5.41) is 3.65. The van der Waals surface area contributed by atoms with Crippen molar-refractivity contribution in [2.75, 3.05) is 6.54 Å². The molecule has 1 nitrogen and oxygen atoms in total. The molecule has 1 saturated carbocycles. The van der Waals surface area contributed by atoms with Gasteiger partial charge in [0.2, 0.25) is 0 Å². The molecule has 18 heavy (non-hydrogen) atoms. The third kappa shape index (κ3) is 3.58. The first-order valence-electron chi connectivity index (χ1n) is 7.36. The lowest BCUT2D eigenvalue weighted by atomic mass is 9.86. The normalized spacial score (nSPS) is 18.7. The van der Waals surface area contributed by atoms with Crippen molar-refractivity contribution in [1.82, 2.24) is 5.32 Å². The third-order valence-corrected chi connectivity index (χ3v) is 4.45. The van der Waals surface area contributed by atoms with Crippen LogP contribution in [0.15, 0.2) is 18.2 Å². The average Bonchev–Trinajstić information content (AvgIpc) is 3.14. The Morgan fingerprint density at radius 2 is 1.72 bits per heavy atom. The fourth-order valence-electron chi connectivity index (χ4n) is 2.54. The number of rotatable bonds is 6. The largest absolute Gasteiger partial charge is 0.314 e. The van der Waals surface area contributed by atoms with Crippen LogP contribution in [0, 0.1) is 25.7 Å². The Labute approximate surface area is 112 Å². The van der Waals surface area contributed by atoms with Crippen molar-refractivity contribution < 1.29 is 0 Å². The number of aryl methyl sites for hydroxylation is 2. The second-order valence-corrected chi connectivity index (χ2v) is 6.21. The van der Waals surface area contributed by atoms with Crippen LogP contribution in [-0.2, 0) is 6.42 Å². The molecule has 2 rings (SSSR count). The van der Waals surface area contributed by atoms with Gasteiger partial charge in [0, 0.05) is 6.04 Å². The van der Waals surface area contributed by atoms with Crippen LogP contribution in [0.4, 0.5) is 0 Å². The monoisotopic (exact) mass is 245 g/mol. The lowest BCUT2D eigenvalue weighted by molar-refractivity contribution is 0.363. The standard InChI is InChI=1S/C17H27N/c1-12-6-5-7-13(2)17(12)10-14(3)15(4)11-18-16-8-9-16/h5-7,14-16,18H,8-11H2,1-4H3. The van der Waals surface area contributed by atoms with E-state index in [1.165, 1.54) is 36.9 Å². The van der Waals surface area contributed by atoms with E-state index in [0.29, 0.717) is 0 Å². The van der Waals surface area contributed by atoms with Crippen molar-refractivity contribution in [2.45, 2.75) is 53.0 Å². The highest BCUT2D eigenvalue weighted by Crippen LogP contribution is 2.23. The molecular weight excluding hydrogens is 218 g/mol. The Morgan fingerprint density at radius 3 is 2.28 bits per heavy atom. The average molecular weight is 245 g/mol. The van der Waals surface area contributed by atoms with Crippen molar-refractivity contribution in [3.05, 3.63) is 34.9 Å². The fourth-order valence-corrected chi connectivity index (χ4v) is 2.54. The summed E-state index contributed by atoms with van der Waals surface area (Å²) in [7, 11) is 0. The van der Waals surface area contributed by atoms with E-state index in [9.17, 15) is 0 Å². The zero-order chi connectivity index (χ0) is 13.1. The Morgan fingerprint density at radius 1 is 1.11 bits per heavy atom. The van der Waals surface area contributed by atoms with E-state index in [2.05, 4.69) is 51.2 Å². The van der Waals surface area contributed by atoms with Crippen molar-refractivity contribution in [3.8, 4) is 0 Å². The molecule has 1 aromatic rings. The first kappa shape index (κ1) is 13.6. The predicted octanol–water partition coefficient (Wildman–Crippen LogP) is 3.87. The molecule has 100 valence electrons. The minimum atomic E-state index is 0.746. The lowest BCUT2D eigenvalue weighted by Gasteiger charge is -2.22. The van der Waals surface area contributed by atoms with E-state index in [1.54, 1.807) is 5.56 Å². The summed E-state index contributed by atoms with van der Waals surface area (Å²) in [4.78, 5) is 0. The Balaban J connectivity index is 1.90. The van der Waals surface area contributed by atoms with E-state index in [4.69, 9.17) is 0 Å². The maximum Gasteiger partial charge on any atom is 0.00683 e. The van der Waals surface area contributed by atoms with Gasteiger partial charge in [0.15, 0.2) is 0 Å². The van der Waals surface area contributed by atoms with Crippen molar-refractivity contribution in [1.29, 1.82) is 0 Å². The van der Waals surface area contributed by atoms with Gasteiger partial charge in [-0.2, -0.15) is 0 Å². The summed E-state index contributed by atoms with van der Waals surface area (Å²) >= 11 is 0. The second-order valence-electron chi connectivity index (χ2n) is 6.21. The SMILES string of the molecule is Cc1cccc(C)c1CC(C)C(C)CNC1CC1. The van der Waals surface area contributed by atoms with E-state index in [0.717, 1.165) is 17.9 Å². The molecule has 1 aromatic carbocycles. The van der Waals surface area contributed by atoms with E-state index < -0.39 is 0 Å². The van der Waals surface area contributed by atoms with Gasteiger partial charge >= 0.3 is 0 Å². The minimum Gasteiger partial charge on any atom is -0.314 e. The number of benzene rings is 1. The predicted molar refractivity (Wildman–Crippen MR) is 79.0 cm³/mol. The summed E-state index contributed by atoms with van der Waals surface area (Å²) in [5.74, 6) is 1.50. The molecule has 2 atom stereocenters. The van der Waals surface area contributed by atoms with Crippen molar-refractivity contribution >= 4 is 0 Å². The molecule has 0 aliphatic heterocycles. The molecular formula is C17H27N. The van der Waals surface area contributed by atoms with Gasteiger partial charge in [-0.25, -0.2) is 0 Å². The molecule has 0 saturated heterocycles. The summed E-state index contributed by atoms with van der Waals surface area (Å²) in [5.41, 5.74) is 4.46. The highest BCUT2D eigenvalue weighted by Gasteiger charge is 2.22. The molecule has 1 N–H and O–H groups in total. The van der Waals surface area contributed by atoms with Gasteiger partial charge in [-0.05, 0) is 68.2 Å². The molecule has 1 fully saturated rings. The van der Waals surface area contributed by atoms with Crippen LogP contribution in [0.2, 0.25) is 0 Å². The van der Waals surface area contributed by atoms with Crippen LogP contribution in [-0.4, -0.2) is 12.6 Å². The van der Waals surface area contributed by atoms with Crippen molar-refractivity contribution in [2.24, 2.45) is 11.8 Å². The molecule has 1 aliphatic rings. The summed E-state index contributed by atoms with van der Waals surface area (Å²) in [6.07, 6.45) is 3.99. The highest BCUT2D eigenvalue weighted by molar-refractivity contribution is 5.33.